The van der Waals surface area contributed by atoms with E-state index in [4.69, 9.17) is 0 Å². The van der Waals surface area contributed by atoms with E-state index >= 15 is 0 Å². The molecule has 188 valence electrons. The van der Waals surface area contributed by atoms with Crippen LogP contribution in [0.15, 0.2) is 60.1 Å². The van der Waals surface area contributed by atoms with Crippen LogP contribution in [0, 0.1) is 0 Å². The summed E-state index contributed by atoms with van der Waals surface area (Å²) in [6.07, 6.45) is 3.62. The third-order valence-corrected chi connectivity index (χ3v) is 7.66. The largest absolute Gasteiger partial charge is 0.465 e. The SMILES string of the molecule is C=Cc1ccc(-c2cnc(-c3ccc(NC)cc3)s2)c(S(=C)(=O)NC(C)(C)C)c1.CC(C)OC=O. The van der Waals surface area contributed by atoms with Gasteiger partial charge in [0.15, 0.2) is 0 Å². The van der Waals surface area contributed by atoms with E-state index in [0.717, 1.165) is 32.3 Å². The van der Waals surface area contributed by atoms with E-state index in [2.05, 4.69) is 32.2 Å². The van der Waals surface area contributed by atoms with E-state index in [9.17, 15) is 9.00 Å². The summed E-state index contributed by atoms with van der Waals surface area (Å²) in [6, 6.07) is 14.0. The second-order valence-electron chi connectivity index (χ2n) is 9.13. The lowest BCUT2D eigenvalue weighted by atomic mass is 10.1. The number of rotatable bonds is 8. The number of anilines is 1. The number of carbonyl (C=O) groups excluding carboxylic acids is 1. The van der Waals surface area contributed by atoms with Crippen molar-refractivity contribution in [3.05, 3.63) is 60.8 Å². The van der Waals surface area contributed by atoms with Crippen molar-refractivity contribution in [2.75, 3.05) is 12.4 Å². The lowest BCUT2D eigenvalue weighted by Crippen LogP contribution is -2.40. The topological polar surface area (TPSA) is 80.3 Å². The highest BCUT2D eigenvalue weighted by atomic mass is 32.2. The van der Waals surface area contributed by atoms with Crippen LogP contribution < -0.4 is 10.0 Å². The van der Waals surface area contributed by atoms with E-state index in [1.165, 1.54) is 0 Å². The Hall–Kier alpha value is -2.94. The maximum atomic E-state index is 13.5. The van der Waals surface area contributed by atoms with Gasteiger partial charge in [-0.3, -0.25) is 4.79 Å². The molecule has 3 rings (SSSR count). The maximum Gasteiger partial charge on any atom is 0.293 e. The molecule has 35 heavy (non-hydrogen) atoms. The minimum atomic E-state index is -2.72. The molecular formula is C27H35N3O3S2. The predicted molar refractivity (Wildman–Crippen MR) is 151 cm³/mol. The average molecular weight is 514 g/mol. The molecule has 1 atom stereocenters. The second kappa shape index (κ2) is 12.2. The van der Waals surface area contributed by atoms with Crippen LogP contribution in [0.25, 0.3) is 27.1 Å². The molecule has 0 amide bonds. The quantitative estimate of drug-likeness (QED) is 0.281. The first-order valence-electron chi connectivity index (χ1n) is 11.2. The second-order valence-corrected chi connectivity index (χ2v) is 12.2. The third-order valence-electron chi connectivity index (χ3n) is 4.59. The standard InChI is InChI=1S/C23H27N3OS2.C4H8O2/c1-7-16-8-13-19(21(14-16)29(6,27)26-23(2,3)4)20-15-25-22(28-20)17-9-11-18(24-5)12-10-17;1-4(2)6-3-5/h7-15,24H,1,6H2,2-5H3,(H,26,27);3-4H,1-2H3. The van der Waals surface area contributed by atoms with Crippen molar-refractivity contribution in [1.82, 2.24) is 9.71 Å². The summed E-state index contributed by atoms with van der Waals surface area (Å²) in [7, 11) is -0.825. The molecule has 1 aromatic heterocycles. The molecule has 0 radical (unpaired) electrons. The Morgan fingerprint density at radius 1 is 1.14 bits per heavy atom. The zero-order valence-corrected chi connectivity index (χ0v) is 22.9. The fraction of sp³-hybridized carbons (Fsp3) is 0.296. The van der Waals surface area contributed by atoms with Gasteiger partial charge in [-0.25, -0.2) is 13.9 Å². The van der Waals surface area contributed by atoms with Crippen LogP contribution in [0.3, 0.4) is 0 Å². The van der Waals surface area contributed by atoms with E-state index in [1.54, 1.807) is 31.3 Å². The van der Waals surface area contributed by atoms with Crippen LogP contribution in [0.5, 0.6) is 0 Å². The van der Waals surface area contributed by atoms with Crippen LogP contribution in [0.4, 0.5) is 5.69 Å². The van der Waals surface area contributed by atoms with E-state index in [1.807, 2.05) is 76.5 Å². The van der Waals surface area contributed by atoms with E-state index in [0.29, 0.717) is 11.4 Å². The normalized spacial score (nSPS) is 12.8. The van der Waals surface area contributed by atoms with Gasteiger partial charge in [0.2, 0.25) is 0 Å². The summed E-state index contributed by atoms with van der Waals surface area (Å²) in [5, 5.41) is 4.04. The number of thiazole rings is 1. The van der Waals surface area contributed by atoms with Crippen molar-refractivity contribution in [1.29, 1.82) is 0 Å². The molecule has 3 aromatic rings. The number of aromatic nitrogens is 1. The minimum Gasteiger partial charge on any atom is -0.465 e. The number of hydrogen-bond acceptors (Lipinski definition) is 6. The maximum absolute atomic E-state index is 13.5. The number of ether oxygens (including phenoxy) is 1. The van der Waals surface area contributed by atoms with Gasteiger partial charge in [0.1, 0.15) is 5.01 Å². The first-order chi connectivity index (χ1) is 16.4. The van der Waals surface area contributed by atoms with Gasteiger partial charge in [-0.2, -0.15) is 0 Å². The Labute approximate surface area is 213 Å². The fourth-order valence-corrected chi connectivity index (χ4v) is 6.10. The Kier molecular flexibility index (Phi) is 9.82. The summed E-state index contributed by atoms with van der Waals surface area (Å²) in [5.74, 6) is 4.03. The molecule has 8 heteroatoms. The fourth-order valence-electron chi connectivity index (χ4n) is 3.11. The van der Waals surface area contributed by atoms with Gasteiger partial charge in [-0.1, -0.05) is 24.8 Å². The smallest absolute Gasteiger partial charge is 0.293 e. The van der Waals surface area contributed by atoms with Gasteiger partial charge in [0, 0.05) is 35.6 Å². The van der Waals surface area contributed by atoms with Crippen molar-refractivity contribution in [2.24, 2.45) is 0 Å². The van der Waals surface area contributed by atoms with Crippen LogP contribution in [0.1, 0.15) is 40.2 Å². The molecule has 0 aliphatic heterocycles. The summed E-state index contributed by atoms with van der Waals surface area (Å²) >= 11 is 1.58. The summed E-state index contributed by atoms with van der Waals surface area (Å²) < 4.78 is 21.1. The molecule has 0 fully saturated rings. The molecule has 1 unspecified atom stereocenters. The van der Waals surface area contributed by atoms with Gasteiger partial charge in [-0.05, 0) is 76.4 Å². The van der Waals surface area contributed by atoms with Crippen molar-refractivity contribution >= 4 is 45.2 Å². The molecule has 1 heterocycles. The van der Waals surface area contributed by atoms with Crippen molar-refractivity contribution in [3.8, 4) is 21.0 Å². The highest BCUT2D eigenvalue weighted by Crippen LogP contribution is 2.36. The van der Waals surface area contributed by atoms with Crippen LogP contribution in [-0.4, -0.2) is 40.2 Å². The lowest BCUT2D eigenvalue weighted by Gasteiger charge is -2.25. The summed E-state index contributed by atoms with van der Waals surface area (Å²) in [5.41, 5.74) is 3.55. The molecule has 0 spiro atoms. The zero-order valence-electron chi connectivity index (χ0n) is 21.3. The number of carbonyl (C=O) groups is 1. The van der Waals surface area contributed by atoms with Crippen LogP contribution in [0.2, 0.25) is 0 Å². The van der Waals surface area contributed by atoms with Crippen molar-refractivity contribution in [2.45, 2.75) is 51.2 Å². The monoisotopic (exact) mass is 513 g/mol. The average Bonchev–Trinajstić information content (AvgIpc) is 3.27. The molecule has 0 aliphatic carbocycles. The van der Waals surface area contributed by atoms with Crippen LogP contribution in [-0.2, 0) is 19.2 Å². The zero-order chi connectivity index (χ0) is 26.2. The van der Waals surface area contributed by atoms with Crippen molar-refractivity contribution in [3.63, 3.8) is 0 Å². The molecule has 0 saturated carbocycles. The highest BCUT2D eigenvalue weighted by Gasteiger charge is 2.22. The Morgan fingerprint density at radius 2 is 1.80 bits per heavy atom. The Morgan fingerprint density at radius 3 is 2.29 bits per heavy atom. The number of benzene rings is 2. The van der Waals surface area contributed by atoms with E-state index < -0.39 is 9.71 Å². The van der Waals surface area contributed by atoms with Gasteiger partial charge < -0.3 is 10.1 Å². The summed E-state index contributed by atoms with van der Waals surface area (Å²) in [6.45, 7) is 13.8. The van der Waals surface area contributed by atoms with Crippen molar-refractivity contribution < 1.29 is 13.7 Å². The molecule has 0 aliphatic rings. The van der Waals surface area contributed by atoms with Crippen LogP contribution >= 0.6 is 11.3 Å². The lowest BCUT2D eigenvalue weighted by molar-refractivity contribution is -0.131. The summed E-state index contributed by atoms with van der Waals surface area (Å²) in [4.78, 5) is 15.6. The van der Waals surface area contributed by atoms with Gasteiger partial charge in [-0.15, -0.1) is 11.3 Å². The van der Waals surface area contributed by atoms with E-state index in [-0.39, 0.29) is 11.6 Å². The first kappa shape index (κ1) is 28.3. The molecule has 0 bridgehead atoms. The Balaban J connectivity index is 0.000000641. The molecule has 0 saturated heterocycles. The Bertz CT molecular complexity index is 1240. The van der Waals surface area contributed by atoms with Gasteiger partial charge >= 0.3 is 0 Å². The molecule has 6 nitrogen and oxygen atoms in total. The van der Waals surface area contributed by atoms with Gasteiger partial charge in [0.25, 0.3) is 6.47 Å². The number of nitrogens with one attached hydrogen (secondary N) is 2. The predicted octanol–water partition coefficient (Wildman–Crippen LogP) is 6.11. The first-order valence-corrected chi connectivity index (χ1v) is 13.7. The molecule has 2 aromatic carbocycles. The number of nitrogens with zero attached hydrogens (tertiary/aromatic N) is 1. The molecular weight excluding hydrogens is 478 g/mol. The minimum absolute atomic E-state index is 0.0301. The third kappa shape index (κ3) is 8.35. The highest BCUT2D eigenvalue weighted by molar-refractivity contribution is 7.98. The van der Waals surface area contributed by atoms with Gasteiger partial charge in [0.05, 0.1) is 25.6 Å². The number of hydrogen-bond donors (Lipinski definition) is 2. The molecule has 2 N–H and O–H groups in total.